The number of piperidine rings is 1. The van der Waals surface area contributed by atoms with Crippen molar-refractivity contribution in [3.05, 3.63) is 29.4 Å². The number of rotatable bonds is 5. The highest BCUT2D eigenvalue weighted by atomic mass is 35.5. The van der Waals surface area contributed by atoms with E-state index in [-0.39, 0.29) is 18.6 Å². The number of benzene rings is 1. The van der Waals surface area contributed by atoms with Crippen LogP contribution in [-0.2, 0) is 10.0 Å². The van der Waals surface area contributed by atoms with Gasteiger partial charge in [0, 0.05) is 24.7 Å². The molecule has 1 fully saturated rings. The van der Waals surface area contributed by atoms with E-state index in [1.807, 2.05) is 36.7 Å². The lowest BCUT2D eigenvalue weighted by Gasteiger charge is -2.34. The third-order valence-corrected chi connectivity index (χ3v) is 6.85. The minimum Gasteiger partial charge on any atom is -0.390 e. The molecule has 1 aromatic carbocycles. The van der Waals surface area contributed by atoms with E-state index in [0.29, 0.717) is 29.6 Å². The smallest absolute Gasteiger partial charge is 0.223 e. The molecule has 0 amide bonds. The van der Waals surface area contributed by atoms with Gasteiger partial charge in [-0.3, -0.25) is 0 Å². The molecule has 10 nitrogen and oxygen atoms in total. The molecule has 12 heteroatoms. The van der Waals surface area contributed by atoms with Gasteiger partial charge in [-0.2, -0.15) is 4.31 Å². The standard InChI is InChI=1S/C19H24ClN7O3S/c1-11(2)27-16-8-12(4-5-14(16)24-25-27)18-13(20)9-21-19(23-18)22-15-6-7-26(10-17(15)28)31(3,29)30/h4-5,8-9,11,15,17,28H,6-7,10H2,1-3H3,(H,21,22,23)/t15-,17-/m1/s1. The summed E-state index contributed by atoms with van der Waals surface area (Å²) in [4.78, 5) is 8.79. The summed E-state index contributed by atoms with van der Waals surface area (Å²) in [6.07, 6.45) is 2.20. The highest BCUT2D eigenvalue weighted by molar-refractivity contribution is 7.88. The zero-order valence-corrected chi connectivity index (χ0v) is 19.0. The molecular weight excluding hydrogens is 442 g/mol. The Balaban J connectivity index is 1.60. The van der Waals surface area contributed by atoms with Crippen LogP contribution < -0.4 is 5.32 Å². The molecule has 2 aromatic heterocycles. The van der Waals surface area contributed by atoms with Crippen molar-refractivity contribution in [1.82, 2.24) is 29.3 Å². The second-order valence-electron chi connectivity index (χ2n) is 7.95. The number of aromatic nitrogens is 5. The predicted octanol–water partition coefficient (Wildman–Crippen LogP) is 1.93. The molecule has 31 heavy (non-hydrogen) atoms. The summed E-state index contributed by atoms with van der Waals surface area (Å²) in [6, 6.07) is 5.46. The van der Waals surface area contributed by atoms with Crippen LogP contribution in [0.25, 0.3) is 22.3 Å². The van der Waals surface area contributed by atoms with Crippen molar-refractivity contribution >= 4 is 38.6 Å². The zero-order valence-electron chi connectivity index (χ0n) is 17.4. The first kappa shape index (κ1) is 21.9. The lowest BCUT2D eigenvalue weighted by molar-refractivity contribution is 0.0950. The van der Waals surface area contributed by atoms with Crippen LogP contribution in [0.1, 0.15) is 26.3 Å². The van der Waals surface area contributed by atoms with Crippen molar-refractivity contribution in [3.63, 3.8) is 0 Å². The normalized spacial score (nSPS) is 20.5. The molecule has 1 aliphatic heterocycles. The summed E-state index contributed by atoms with van der Waals surface area (Å²) in [5.74, 6) is 0.312. The van der Waals surface area contributed by atoms with E-state index in [0.717, 1.165) is 22.9 Å². The number of hydrogen-bond acceptors (Lipinski definition) is 8. The lowest BCUT2D eigenvalue weighted by atomic mass is 10.0. The number of aliphatic hydroxyl groups excluding tert-OH is 1. The number of sulfonamides is 1. The monoisotopic (exact) mass is 465 g/mol. The third kappa shape index (κ3) is 4.49. The fraction of sp³-hybridized carbons (Fsp3) is 0.474. The topological polar surface area (TPSA) is 126 Å². The van der Waals surface area contributed by atoms with E-state index in [4.69, 9.17) is 11.6 Å². The summed E-state index contributed by atoms with van der Waals surface area (Å²) in [7, 11) is -3.34. The second kappa shape index (κ2) is 8.30. The summed E-state index contributed by atoms with van der Waals surface area (Å²) in [6.45, 7) is 4.40. The number of β-amino-alcohol motifs (C(OH)–C–C–N with tert-alkyl or cyclic N) is 1. The number of fused-ring (bicyclic) bond motifs is 1. The van der Waals surface area contributed by atoms with E-state index in [9.17, 15) is 13.5 Å². The van der Waals surface area contributed by atoms with Crippen molar-refractivity contribution in [2.45, 2.75) is 38.5 Å². The second-order valence-corrected chi connectivity index (χ2v) is 10.3. The van der Waals surface area contributed by atoms with Gasteiger partial charge in [-0.1, -0.05) is 22.9 Å². The van der Waals surface area contributed by atoms with E-state index in [1.165, 1.54) is 10.5 Å². The van der Waals surface area contributed by atoms with Crippen LogP contribution in [0, 0.1) is 0 Å². The van der Waals surface area contributed by atoms with Gasteiger partial charge >= 0.3 is 0 Å². The zero-order chi connectivity index (χ0) is 22.3. The molecule has 0 saturated carbocycles. The van der Waals surface area contributed by atoms with Crippen LogP contribution in [0.4, 0.5) is 5.95 Å². The van der Waals surface area contributed by atoms with E-state index in [1.54, 1.807) is 0 Å². The van der Waals surface area contributed by atoms with E-state index < -0.39 is 16.1 Å². The number of aliphatic hydroxyl groups is 1. The van der Waals surface area contributed by atoms with Gasteiger partial charge in [-0.05, 0) is 32.4 Å². The Hall–Kier alpha value is -2.34. The van der Waals surface area contributed by atoms with Gasteiger partial charge in [0.2, 0.25) is 16.0 Å². The SMILES string of the molecule is CC(C)n1nnc2ccc(-c3nc(N[C@@H]4CCN(S(C)(=O)=O)C[C@H]4O)ncc3Cl)cc21. The van der Waals surface area contributed by atoms with Gasteiger partial charge in [-0.25, -0.2) is 23.1 Å². The largest absolute Gasteiger partial charge is 0.390 e. The lowest BCUT2D eigenvalue weighted by Crippen LogP contribution is -2.51. The Kier molecular flexibility index (Phi) is 5.86. The molecule has 2 N–H and O–H groups in total. The van der Waals surface area contributed by atoms with Crippen molar-refractivity contribution in [1.29, 1.82) is 0 Å². The molecule has 0 aliphatic carbocycles. The molecule has 0 radical (unpaired) electrons. The van der Waals surface area contributed by atoms with Gasteiger partial charge in [0.15, 0.2) is 0 Å². The minimum atomic E-state index is -3.34. The third-order valence-electron chi connectivity index (χ3n) is 5.31. The average Bonchev–Trinajstić information content (AvgIpc) is 3.13. The molecule has 1 aliphatic rings. The van der Waals surface area contributed by atoms with Crippen LogP contribution in [0.2, 0.25) is 5.02 Å². The van der Waals surface area contributed by atoms with Gasteiger partial charge in [0.25, 0.3) is 0 Å². The number of halogens is 1. The molecule has 0 bridgehead atoms. The number of nitrogens with zero attached hydrogens (tertiary/aromatic N) is 6. The fourth-order valence-corrected chi connectivity index (χ4v) is 4.70. The molecule has 3 aromatic rings. The van der Waals surface area contributed by atoms with Crippen molar-refractivity contribution in [2.24, 2.45) is 0 Å². The van der Waals surface area contributed by atoms with Gasteiger partial charge in [0.05, 0.1) is 40.8 Å². The van der Waals surface area contributed by atoms with Crippen molar-refractivity contribution < 1.29 is 13.5 Å². The molecule has 0 spiro atoms. The summed E-state index contributed by atoms with van der Waals surface area (Å²) >= 11 is 6.39. The highest BCUT2D eigenvalue weighted by Crippen LogP contribution is 2.29. The van der Waals surface area contributed by atoms with Crippen LogP contribution in [0.5, 0.6) is 0 Å². The number of hydrogen-bond donors (Lipinski definition) is 2. The first-order chi connectivity index (χ1) is 14.6. The Morgan fingerprint density at radius 2 is 2.10 bits per heavy atom. The van der Waals surface area contributed by atoms with Crippen molar-refractivity contribution in [2.75, 3.05) is 24.7 Å². The van der Waals surface area contributed by atoms with E-state index >= 15 is 0 Å². The number of nitrogens with one attached hydrogen (secondary N) is 1. The fourth-order valence-electron chi connectivity index (χ4n) is 3.64. The van der Waals surface area contributed by atoms with Crippen LogP contribution in [0.15, 0.2) is 24.4 Å². The molecular formula is C19H24ClN7O3S. The number of anilines is 1. The average molecular weight is 466 g/mol. The van der Waals surface area contributed by atoms with Gasteiger partial charge in [-0.15, -0.1) is 5.10 Å². The summed E-state index contributed by atoms with van der Waals surface area (Å²) in [5, 5.41) is 22.3. The Morgan fingerprint density at radius 3 is 2.77 bits per heavy atom. The summed E-state index contributed by atoms with van der Waals surface area (Å²) < 4.78 is 26.5. The maximum Gasteiger partial charge on any atom is 0.223 e. The molecule has 166 valence electrons. The molecule has 1 saturated heterocycles. The molecule has 4 rings (SSSR count). The molecule has 3 heterocycles. The van der Waals surface area contributed by atoms with Crippen LogP contribution >= 0.6 is 11.6 Å². The Morgan fingerprint density at radius 1 is 1.32 bits per heavy atom. The first-order valence-electron chi connectivity index (χ1n) is 9.91. The van der Waals surface area contributed by atoms with Gasteiger partial charge < -0.3 is 10.4 Å². The van der Waals surface area contributed by atoms with E-state index in [2.05, 4.69) is 25.6 Å². The maximum absolute atomic E-state index is 11.7. The first-order valence-corrected chi connectivity index (χ1v) is 12.1. The minimum absolute atomic E-state index is 0.0276. The van der Waals surface area contributed by atoms with Gasteiger partial charge in [0.1, 0.15) is 5.52 Å². The summed E-state index contributed by atoms with van der Waals surface area (Å²) in [5.41, 5.74) is 2.99. The molecule has 0 unspecified atom stereocenters. The predicted molar refractivity (Wildman–Crippen MR) is 118 cm³/mol. The Bertz CT molecular complexity index is 1210. The van der Waals surface area contributed by atoms with Crippen LogP contribution in [0.3, 0.4) is 0 Å². The Labute approximate surface area is 185 Å². The van der Waals surface area contributed by atoms with Crippen LogP contribution in [-0.4, -0.2) is 74.3 Å². The van der Waals surface area contributed by atoms with Crippen molar-refractivity contribution in [3.8, 4) is 11.3 Å². The maximum atomic E-state index is 11.7. The highest BCUT2D eigenvalue weighted by Gasteiger charge is 2.32. The molecule has 2 atom stereocenters. The quantitative estimate of drug-likeness (QED) is 0.585.